The molecule has 4 heteroatoms. The van der Waals surface area contributed by atoms with Crippen LogP contribution >= 0.6 is 15.9 Å². The summed E-state index contributed by atoms with van der Waals surface area (Å²) in [6.07, 6.45) is -0.533. The molecule has 0 N–H and O–H groups in total. The van der Waals surface area contributed by atoms with E-state index >= 15 is 0 Å². The van der Waals surface area contributed by atoms with Crippen LogP contribution in [0.4, 0.5) is 0 Å². The number of carbonyl (C=O) groups excluding carboxylic acids is 1. The number of methoxy groups -OCH3 is 1. The molecule has 82 valence electrons. The van der Waals surface area contributed by atoms with Gasteiger partial charge in [0.2, 0.25) is 0 Å². The van der Waals surface area contributed by atoms with E-state index < -0.39 is 6.10 Å². The quantitative estimate of drug-likeness (QED) is 0.791. The molecule has 0 aliphatic rings. The van der Waals surface area contributed by atoms with Crippen LogP contribution in [-0.4, -0.2) is 19.2 Å². The summed E-state index contributed by atoms with van der Waals surface area (Å²) in [5.41, 5.74) is 1.01. The van der Waals surface area contributed by atoms with Crippen molar-refractivity contribution in [3.8, 4) is 0 Å². The van der Waals surface area contributed by atoms with Gasteiger partial charge in [-0.25, -0.2) is 4.79 Å². The second-order valence-corrected chi connectivity index (χ2v) is 4.02. The van der Waals surface area contributed by atoms with E-state index in [1.807, 2.05) is 24.3 Å². The number of benzene rings is 1. The number of ether oxygens (including phenoxy) is 2. The van der Waals surface area contributed by atoms with Crippen molar-refractivity contribution in [3.63, 3.8) is 0 Å². The van der Waals surface area contributed by atoms with E-state index in [-0.39, 0.29) is 5.97 Å². The fourth-order valence-corrected chi connectivity index (χ4v) is 1.53. The highest BCUT2D eigenvalue weighted by Gasteiger charge is 2.12. The van der Waals surface area contributed by atoms with Crippen LogP contribution in [0, 0.1) is 0 Å². The van der Waals surface area contributed by atoms with E-state index in [1.54, 1.807) is 6.92 Å². The van der Waals surface area contributed by atoms with E-state index in [0.29, 0.717) is 6.61 Å². The Kier molecular flexibility index (Phi) is 4.78. The highest BCUT2D eigenvalue weighted by atomic mass is 79.9. The molecule has 15 heavy (non-hydrogen) atoms. The van der Waals surface area contributed by atoms with Crippen LogP contribution < -0.4 is 0 Å². The molecule has 3 nitrogen and oxygen atoms in total. The molecular weight excluding hydrogens is 260 g/mol. The molecule has 0 aliphatic heterocycles. The van der Waals surface area contributed by atoms with Crippen molar-refractivity contribution in [2.45, 2.75) is 19.6 Å². The molecule has 0 bridgehead atoms. The molecule has 1 aromatic carbocycles. The first-order valence-electron chi connectivity index (χ1n) is 4.57. The molecular formula is C11H13BrO3. The Morgan fingerprint density at radius 2 is 2.27 bits per heavy atom. The van der Waals surface area contributed by atoms with Gasteiger partial charge in [0, 0.05) is 4.47 Å². The zero-order valence-electron chi connectivity index (χ0n) is 8.70. The molecule has 0 heterocycles. The van der Waals surface area contributed by atoms with Gasteiger partial charge in [0.15, 0.2) is 6.10 Å². The summed E-state index contributed by atoms with van der Waals surface area (Å²) in [6, 6.07) is 7.75. The third kappa shape index (κ3) is 4.01. The number of esters is 1. The van der Waals surface area contributed by atoms with Crippen molar-refractivity contribution in [2.24, 2.45) is 0 Å². The average Bonchev–Trinajstić information content (AvgIpc) is 2.25. The van der Waals surface area contributed by atoms with Gasteiger partial charge in [0.05, 0.1) is 13.7 Å². The highest BCUT2D eigenvalue weighted by Crippen LogP contribution is 2.13. The molecule has 0 fully saturated rings. The van der Waals surface area contributed by atoms with Gasteiger partial charge in [-0.15, -0.1) is 0 Å². The second-order valence-electron chi connectivity index (χ2n) is 3.11. The maximum atomic E-state index is 11.0. The van der Waals surface area contributed by atoms with Gasteiger partial charge in [-0.1, -0.05) is 28.1 Å². The minimum atomic E-state index is -0.533. The Morgan fingerprint density at radius 1 is 1.53 bits per heavy atom. The van der Waals surface area contributed by atoms with Gasteiger partial charge in [-0.3, -0.25) is 0 Å². The van der Waals surface area contributed by atoms with Crippen molar-refractivity contribution in [1.82, 2.24) is 0 Å². The van der Waals surface area contributed by atoms with E-state index in [2.05, 4.69) is 20.7 Å². The Bertz CT molecular complexity index is 338. The lowest BCUT2D eigenvalue weighted by molar-refractivity contribution is -0.153. The molecule has 0 aromatic heterocycles. The van der Waals surface area contributed by atoms with E-state index in [4.69, 9.17) is 4.74 Å². The fraction of sp³-hybridized carbons (Fsp3) is 0.364. The summed E-state index contributed by atoms with van der Waals surface area (Å²) >= 11 is 3.36. The lowest BCUT2D eigenvalue weighted by atomic mass is 10.2. The SMILES string of the molecule is COC(=O)C(C)OCc1cccc(Br)c1. The predicted molar refractivity (Wildman–Crippen MR) is 60.4 cm³/mol. The van der Waals surface area contributed by atoms with Crippen LogP contribution in [0.3, 0.4) is 0 Å². The molecule has 0 saturated carbocycles. The third-order valence-corrected chi connectivity index (χ3v) is 2.42. The number of hydrogen-bond donors (Lipinski definition) is 0. The van der Waals surface area contributed by atoms with Gasteiger partial charge in [-0.2, -0.15) is 0 Å². The minimum absolute atomic E-state index is 0.356. The summed E-state index contributed by atoms with van der Waals surface area (Å²) in [6.45, 7) is 2.07. The Hall–Kier alpha value is -0.870. The van der Waals surface area contributed by atoms with Crippen molar-refractivity contribution in [1.29, 1.82) is 0 Å². The highest BCUT2D eigenvalue weighted by molar-refractivity contribution is 9.10. The standard InChI is InChI=1S/C11H13BrO3/c1-8(11(13)14-2)15-7-9-4-3-5-10(12)6-9/h3-6,8H,7H2,1-2H3. The first-order chi connectivity index (χ1) is 7.13. The molecule has 0 aliphatic carbocycles. The number of halogens is 1. The number of rotatable bonds is 4. The summed E-state index contributed by atoms with van der Waals surface area (Å²) in [4.78, 5) is 11.0. The topological polar surface area (TPSA) is 35.5 Å². The van der Waals surface area contributed by atoms with Crippen LogP contribution in [-0.2, 0) is 20.9 Å². The second kappa shape index (κ2) is 5.88. The fourth-order valence-electron chi connectivity index (χ4n) is 1.08. The van der Waals surface area contributed by atoms with Gasteiger partial charge >= 0.3 is 5.97 Å². The van der Waals surface area contributed by atoms with Crippen LogP contribution in [0.15, 0.2) is 28.7 Å². The lowest BCUT2D eigenvalue weighted by Crippen LogP contribution is -2.21. The zero-order valence-corrected chi connectivity index (χ0v) is 10.3. The maximum absolute atomic E-state index is 11.0. The Labute approximate surface area is 97.5 Å². The number of carbonyl (C=O) groups is 1. The zero-order chi connectivity index (χ0) is 11.3. The summed E-state index contributed by atoms with van der Waals surface area (Å²) in [5, 5.41) is 0. The first kappa shape index (κ1) is 12.2. The van der Waals surface area contributed by atoms with Crippen molar-refractivity contribution in [2.75, 3.05) is 7.11 Å². The molecule has 0 amide bonds. The Balaban J connectivity index is 2.47. The van der Waals surface area contributed by atoms with Crippen LogP contribution in [0.25, 0.3) is 0 Å². The maximum Gasteiger partial charge on any atom is 0.334 e. The molecule has 0 spiro atoms. The van der Waals surface area contributed by atoms with E-state index in [1.165, 1.54) is 7.11 Å². The smallest absolute Gasteiger partial charge is 0.334 e. The van der Waals surface area contributed by atoms with E-state index in [0.717, 1.165) is 10.0 Å². The normalized spacial score (nSPS) is 12.2. The molecule has 1 atom stereocenters. The predicted octanol–water partition coefficient (Wildman–Crippen LogP) is 2.53. The monoisotopic (exact) mass is 272 g/mol. The Morgan fingerprint density at radius 3 is 2.87 bits per heavy atom. The third-order valence-electron chi connectivity index (χ3n) is 1.92. The van der Waals surface area contributed by atoms with Crippen molar-refractivity contribution in [3.05, 3.63) is 34.3 Å². The lowest BCUT2D eigenvalue weighted by Gasteiger charge is -2.10. The molecule has 1 unspecified atom stereocenters. The number of hydrogen-bond acceptors (Lipinski definition) is 3. The van der Waals surface area contributed by atoms with Crippen LogP contribution in [0.2, 0.25) is 0 Å². The van der Waals surface area contributed by atoms with Gasteiger partial charge in [0.25, 0.3) is 0 Å². The summed E-state index contributed by atoms with van der Waals surface area (Å²) in [5.74, 6) is -0.356. The summed E-state index contributed by atoms with van der Waals surface area (Å²) < 4.78 is 10.9. The van der Waals surface area contributed by atoms with Gasteiger partial charge in [0.1, 0.15) is 0 Å². The largest absolute Gasteiger partial charge is 0.467 e. The molecule has 1 rings (SSSR count). The first-order valence-corrected chi connectivity index (χ1v) is 5.36. The van der Waals surface area contributed by atoms with Gasteiger partial charge in [-0.05, 0) is 24.6 Å². The van der Waals surface area contributed by atoms with Crippen LogP contribution in [0.5, 0.6) is 0 Å². The van der Waals surface area contributed by atoms with E-state index in [9.17, 15) is 4.79 Å². The molecule has 0 saturated heterocycles. The average molecular weight is 273 g/mol. The van der Waals surface area contributed by atoms with Crippen molar-refractivity contribution >= 4 is 21.9 Å². The summed E-state index contributed by atoms with van der Waals surface area (Å²) in [7, 11) is 1.35. The van der Waals surface area contributed by atoms with Crippen LogP contribution in [0.1, 0.15) is 12.5 Å². The van der Waals surface area contributed by atoms with Crippen molar-refractivity contribution < 1.29 is 14.3 Å². The minimum Gasteiger partial charge on any atom is -0.467 e. The molecule has 0 radical (unpaired) electrons. The molecule has 1 aromatic rings. The van der Waals surface area contributed by atoms with Gasteiger partial charge < -0.3 is 9.47 Å².